The summed E-state index contributed by atoms with van der Waals surface area (Å²) in [5.74, 6) is 0. The van der Waals surface area contributed by atoms with Crippen LogP contribution in [0, 0.1) is 0 Å². The highest BCUT2D eigenvalue weighted by Gasteiger charge is 2.28. The third-order valence-electron chi connectivity index (χ3n) is 4.32. The second kappa shape index (κ2) is 6.34. The van der Waals surface area contributed by atoms with Gasteiger partial charge in [-0.2, -0.15) is 0 Å². The first-order valence-corrected chi connectivity index (χ1v) is 8.92. The van der Waals surface area contributed by atoms with E-state index in [1.165, 1.54) is 0 Å². The molecule has 1 aliphatic heterocycles. The number of hydrogen-bond donors (Lipinski definition) is 2. The minimum Gasteiger partial charge on any atom is -0.371 e. The summed E-state index contributed by atoms with van der Waals surface area (Å²) >= 11 is 0. The monoisotopic (exact) mass is 311 g/mol. The van der Waals surface area contributed by atoms with Crippen molar-refractivity contribution in [3.05, 3.63) is 24.3 Å². The maximum absolute atomic E-state index is 11.9. The van der Waals surface area contributed by atoms with E-state index in [0.717, 1.165) is 31.6 Å². The van der Waals surface area contributed by atoms with E-state index in [-0.39, 0.29) is 5.54 Å². The standard InChI is InChI=1S/C15H25N3O2S/c1-4-17-21(19,20)14-7-5-13(6-8-14)18-11-9-15(2,16-3)10-12-18/h5-8,16-17H,4,9-12H2,1-3H3. The average molecular weight is 311 g/mol. The van der Waals surface area contributed by atoms with Gasteiger partial charge in [-0.1, -0.05) is 6.92 Å². The third kappa shape index (κ3) is 3.75. The van der Waals surface area contributed by atoms with Crippen molar-refractivity contribution in [2.24, 2.45) is 0 Å². The van der Waals surface area contributed by atoms with Gasteiger partial charge in [0.05, 0.1) is 4.90 Å². The zero-order valence-electron chi connectivity index (χ0n) is 13.0. The molecule has 0 spiro atoms. The average Bonchev–Trinajstić information content (AvgIpc) is 2.48. The fraction of sp³-hybridized carbons (Fsp3) is 0.600. The van der Waals surface area contributed by atoms with E-state index < -0.39 is 10.0 Å². The Kier molecular flexibility index (Phi) is 4.91. The largest absolute Gasteiger partial charge is 0.371 e. The van der Waals surface area contributed by atoms with Gasteiger partial charge in [-0.05, 0) is 51.1 Å². The Labute approximate surface area is 127 Å². The lowest BCUT2D eigenvalue weighted by Gasteiger charge is -2.40. The lowest BCUT2D eigenvalue weighted by molar-refractivity contribution is 0.305. The summed E-state index contributed by atoms with van der Waals surface area (Å²) in [5.41, 5.74) is 1.30. The van der Waals surface area contributed by atoms with E-state index in [1.54, 1.807) is 19.1 Å². The van der Waals surface area contributed by atoms with Crippen LogP contribution in [0.1, 0.15) is 26.7 Å². The molecule has 1 heterocycles. The summed E-state index contributed by atoms with van der Waals surface area (Å²) in [7, 11) is -1.35. The Morgan fingerprint density at radius 2 is 1.76 bits per heavy atom. The summed E-state index contributed by atoms with van der Waals surface area (Å²) in [6.45, 7) is 6.39. The topological polar surface area (TPSA) is 61.4 Å². The van der Waals surface area contributed by atoms with Crippen LogP contribution >= 0.6 is 0 Å². The van der Waals surface area contributed by atoms with Crippen LogP contribution in [0.2, 0.25) is 0 Å². The zero-order valence-corrected chi connectivity index (χ0v) is 13.8. The lowest BCUT2D eigenvalue weighted by atomic mass is 9.90. The maximum atomic E-state index is 11.9. The highest BCUT2D eigenvalue weighted by atomic mass is 32.2. The number of anilines is 1. The van der Waals surface area contributed by atoms with Gasteiger partial charge < -0.3 is 10.2 Å². The van der Waals surface area contributed by atoms with Gasteiger partial charge in [0, 0.05) is 30.9 Å². The van der Waals surface area contributed by atoms with Crippen LogP contribution in [0.15, 0.2) is 29.2 Å². The number of sulfonamides is 1. The number of piperidine rings is 1. The van der Waals surface area contributed by atoms with E-state index in [0.29, 0.717) is 11.4 Å². The Morgan fingerprint density at radius 1 is 1.19 bits per heavy atom. The zero-order chi connectivity index (χ0) is 15.5. The highest BCUT2D eigenvalue weighted by molar-refractivity contribution is 7.89. The van der Waals surface area contributed by atoms with Crippen LogP contribution in [-0.2, 0) is 10.0 Å². The normalized spacial score (nSPS) is 18.7. The van der Waals surface area contributed by atoms with Crippen LogP contribution < -0.4 is 14.9 Å². The summed E-state index contributed by atoms with van der Waals surface area (Å²) in [5, 5.41) is 3.38. The van der Waals surface area contributed by atoms with Crippen LogP contribution in [0.25, 0.3) is 0 Å². The predicted octanol–water partition coefficient (Wildman–Crippen LogP) is 1.56. The van der Waals surface area contributed by atoms with Gasteiger partial charge in [-0.25, -0.2) is 13.1 Å². The Morgan fingerprint density at radius 3 is 2.24 bits per heavy atom. The molecule has 1 saturated heterocycles. The van der Waals surface area contributed by atoms with Crippen molar-refractivity contribution in [3.63, 3.8) is 0 Å². The quantitative estimate of drug-likeness (QED) is 0.866. The maximum Gasteiger partial charge on any atom is 0.240 e. The number of nitrogens with one attached hydrogen (secondary N) is 2. The minimum absolute atomic E-state index is 0.213. The fourth-order valence-electron chi connectivity index (χ4n) is 2.62. The molecule has 0 aromatic heterocycles. The second-order valence-electron chi connectivity index (χ2n) is 5.79. The lowest BCUT2D eigenvalue weighted by Crippen LogP contribution is -2.50. The molecule has 2 rings (SSSR count). The molecule has 118 valence electrons. The Hall–Kier alpha value is -1.11. The van der Waals surface area contributed by atoms with E-state index in [2.05, 4.69) is 21.9 Å². The first-order chi connectivity index (χ1) is 9.90. The van der Waals surface area contributed by atoms with Crippen LogP contribution in [0.3, 0.4) is 0 Å². The molecule has 1 aromatic rings. The van der Waals surface area contributed by atoms with E-state index in [9.17, 15) is 8.42 Å². The number of hydrogen-bond acceptors (Lipinski definition) is 4. The van der Waals surface area contributed by atoms with Crippen molar-refractivity contribution >= 4 is 15.7 Å². The minimum atomic E-state index is -3.36. The summed E-state index contributed by atoms with van der Waals surface area (Å²) in [6.07, 6.45) is 2.17. The van der Waals surface area contributed by atoms with Crippen LogP contribution in [0.5, 0.6) is 0 Å². The molecule has 21 heavy (non-hydrogen) atoms. The second-order valence-corrected chi connectivity index (χ2v) is 7.56. The van der Waals surface area contributed by atoms with Gasteiger partial charge in [-0.15, -0.1) is 0 Å². The van der Waals surface area contributed by atoms with Crippen molar-refractivity contribution < 1.29 is 8.42 Å². The molecule has 0 atom stereocenters. The molecular formula is C15H25N3O2S. The molecule has 1 aliphatic rings. The van der Waals surface area contributed by atoms with Gasteiger partial charge in [0.15, 0.2) is 0 Å². The Bertz CT molecular complexity index is 561. The van der Waals surface area contributed by atoms with Gasteiger partial charge in [0.1, 0.15) is 0 Å². The molecule has 2 N–H and O–H groups in total. The van der Waals surface area contributed by atoms with Gasteiger partial charge in [0.25, 0.3) is 0 Å². The van der Waals surface area contributed by atoms with E-state index in [4.69, 9.17) is 0 Å². The first-order valence-electron chi connectivity index (χ1n) is 7.44. The molecule has 0 saturated carbocycles. The molecule has 1 fully saturated rings. The van der Waals surface area contributed by atoms with Crippen LogP contribution in [-0.4, -0.2) is 40.6 Å². The Balaban J connectivity index is 2.07. The molecule has 0 bridgehead atoms. The van der Waals surface area contributed by atoms with Crippen molar-refractivity contribution in [2.75, 3.05) is 31.6 Å². The fourth-order valence-corrected chi connectivity index (χ4v) is 3.66. The molecule has 1 aromatic carbocycles. The van der Waals surface area contributed by atoms with Crippen LogP contribution in [0.4, 0.5) is 5.69 Å². The molecule has 0 radical (unpaired) electrons. The van der Waals surface area contributed by atoms with Crippen molar-refractivity contribution in [2.45, 2.75) is 37.1 Å². The van der Waals surface area contributed by atoms with Crippen molar-refractivity contribution in [3.8, 4) is 0 Å². The molecule has 0 unspecified atom stereocenters. The molecule has 5 nitrogen and oxygen atoms in total. The first kappa shape index (κ1) is 16.3. The van der Waals surface area contributed by atoms with E-state index >= 15 is 0 Å². The number of benzene rings is 1. The highest BCUT2D eigenvalue weighted by Crippen LogP contribution is 2.26. The number of nitrogens with zero attached hydrogens (tertiary/aromatic N) is 1. The predicted molar refractivity (Wildman–Crippen MR) is 86.2 cm³/mol. The van der Waals surface area contributed by atoms with Crippen molar-refractivity contribution in [1.29, 1.82) is 0 Å². The molecule has 0 amide bonds. The molecular weight excluding hydrogens is 286 g/mol. The van der Waals surface area contributed by atoms with Gasteiger partial charge >= 0.3 is 0 Å². The summed E-state index contributed by atoms with van der Waals surface area (Å²) < 4.78 is 26.3. The van der Waals surface area contributed by atoms with E-state index in [1.807, 2.05) is 19.2 Å². The summed E-state index contributed by atoms with van der Waals surface area (Å²) in [4.78, 5) is 2.63. The van der Waals surface area contributed by atoms with Crippen molar-refractivity contribution in [1.82, 2.24) is 10.0 Å². The SMILES string of the molecule is CCNS(=O)(=O)c1ccc(N2CCC(C)(NC)CC2)cc1. The molecule has 0 aliphatic carbocycles. The summed E-state index contributed by atoms with van der Waals surface area (Å²) in [6, 6.07) is 7.15. The van der Waals surface area contributed by atoms with Gasteiger partial charge in [-0.3, -0.25) is 0 Å². The molecule has 6 heteroatoms. The van der Waals surface area contributed by atoms with Gasteiger partial charge in [0.2, 0.25) is 10.0 Å². The third-order valence-corrected chi connectivity index (χ3v) is 5.88. The smallest absolute Gasteiger partial charge is 0.240 e. The number of rotatable bonds is 5.